The molecule has 2 atom stereocenters. The lowest BCUT2D eigenvalue weighted by Gasteiger charge is -2.35. The maximum Gasteiger partial charge on any atom is 0.245 e. The fraction of sp³-hybridized carbons (Fsp3) is 0.579. The Bertz CT molecular complexity index is 799. The first-order chi connectivity index (χ1) is 12.8. The number of piperazine rings is 1. The topological polar surface area (TPSA) is 86.8 Å². The molecule has 2 aliphatic rings. The summed E-state index contributed by atoms with van der Waals surface area (Å²) in [4.78, 5) is 25.7. The zero-order valence-electron chi connectivity index (χ0n) is 15.8. The van der Waals surface area contributed by atoms with Crippen molar-refractivity contribution >= 4 is 21.8 Å². The molecule has 2 heterocycles. The molecule has 0 spiro atoms. The van der Waals surface area contributed by atoms with Crippen molar-refractivity contribution in [1.82, 2.24) is 14.5 Å². The Hall–Kier alpha value is -1.93. The predicted octanol–water partition coefficient (Wildman–Crippen LogP) is 1.31. The molecule has 1 aromatic carbocycles. The quantitative estimate of drug-likeness (QED) is 0.817. The molecular formula is C19H27N3O4S. The standard InChI is InChI=1S/C19H27N3O4S/c1-3-14(2)15-4-6-16(7-5-15)27(25,26)22-12-10-21(11-13-22)19(24)17-8-9-18(23)20-17/h4-7,14,17H,3,8-13H2,1-2H3,(H,20,23)/t14-,17-/m1/s1. The van der Waals surface area contributed by atoms with Gasteiger partial charge in [-0.2, -0.15) is 4.31 Å². The van der Waals surface area contributed by atoms with Gasteiger partial charge in [-0.15, -0.1) is 0 Å². The summed E-state index contributed by atoms with van der Waals surface area (Å²) < 4.78 is 27.2. The summed E-state index contributed by atoms with van der Waals surface area (Å²) in [6, 6.07) is 6.63. The molecule has 8 heteroatoms. The minimum absolute atomic E-state index is 0.101. The third kappa shape index (κ3) is 4.16. The summed E-state index contributed by atoms with van der Waals surface area (Å²) in [7, 11) is -3.56. The number of hydrogen-bond acceptors (Lipinski definition) is 4. The molecule has 3 rings (SSSR count). The van der Waals surface area contributed by atoms with Crippen molar-refractivity contribution in [3.63, 3.8) is 0 Å². The van der Waals surface area contributed by atoms with Crippen molar-refractivity contribution in [3.05, 3.63) is 29.8 Å². The van der Waals surface area contributed by atoms with Gasteiger partial charge in [0.15, 0.2) is 0 Å². The summed E-state index contributed by atoms with van der Waals surface area (Å²) >= 11 is 0. The molecule has 0 bridgehead atoms. The van der Waals surface area contributed by atoms with Crippen LogP contribution in [0.3, 0.4) is 0 Å². The van der Waals surface area contributed by atoms with Gasteiger partial charge < -0.3 is 10.2 Å². The van der Waals surface area contributed by atoms with Gasteiger partial charge in [0.25, 0.3) is 0 Å². The Morgan fingerprint density at radius 3 is 2.33 bits per heavy atom. The van der Waals surface area contributed by atoms with E-state index in [0.717, 1.165) is 12.0 Å². The molecule has 2 aliphatic heterocycles. The number of rotatable bonds is 5. The Kier molecular flexibility index (Phi) is 5.86. The summed E-state index contributed by atoms with van der Waals surface area (Å²) in [5, 5.41) is 2.68. The van der Waals surface area contributed by atoms with Crippen LogP contribution < -0.4 is 5.32 Å². The van der Waals surface area contributed by atoms with E-state index in [1.807, 2.05) is 12.1 Å². The van der Waals surface area contributed by atoms with E-state index in [1.54, 1.807) is 17.0 Å². The third-order valence-corrected chi connectivity index (χ3v) is 7.46. The highest BCUT2D eigenvalue weighted by Crippen LogP contribution is 2.23. The van der Waals surface area contributed by atoms with E-state index in [-0.39, 0.29) is 29.8 Å². The molecular weight excluding hydrogens is 366 g/mol. The second kappa shape index (κ2) is 7.98. The van der Waals surface area contributed by atoms with Crippen LogP contribution in [0.4, 0.5) is 0 Å². The van der Waals surface area contributed by atoms with Gasteiger partial charge in [-0.25, -0.2) is 8.42 Å². The van der Waals surface area contributed by atoms with Crippen molar-refractivity contribution in [3.8, 4) is 0 Å². The lowest BCUT2D eigenvalue weighted by Crippen LogP contribution is -2.54. The second-order valence-corrected chi connectivity index (χ2v) is 9.20. The zero-order valence-corrected chi connectivity index (χ0v) is 16.7. The van der Waals surface area contributed by atoms with E-state index >= 15 is 0 Å². The second-order valence-electron chi connectivity index (χ2n) is 7.27. The Balaban J connectivity index is 1.62. The number of carbonyl (C=O) groups excluding carboxylic acids is 2. The normalized spacial score (nSPS) is 22.5. The van der Waals surface area contributed by atoms with Crippen LogP contribution in [0.2, 0.25) is 0 Å². The van der Waals surface area contributed by atoms with Gasteiger partial charge in [0, 0.05) is 32.6 Å². The minimum Gasteiger partial charge on any atom is -0.344 e. The lowest BCUT2D eigenvalue weighted by atomic mass is 9.99. The Labute approximate surface area is 160 Å². The largest absolute Gasteiger partial charge is 0.344 e. The van der Waals surface area contributed by atoms with Gasteiger partial charge in [0.2, 0.25) is 21.8 Å². The smallest absolute Gasteiger partial charge is 0.245 e. The monoisotopic (exact) mass is 393 g/mol. The molecule has 0 saturated carbocycles. The number of hydrogen-bond donors (Lipinski definition) is 1. The SMILES string of the molecule is CC[C@@H](C)c1ccc(S(=O)(=O)N2CCN(C(=O)[C@H]3CCC(=O)N3)CC2)cc1. The van der Waals surface area contributed by atoms with E-state index in [4.69, 9.17) is 0 Å². The van der Waals surface area contributed by atoms with Crippen molar-refractivity contribution in [2.75, 3.05) is 26.2 Å². The number of nitrogens with one attached hydrogen (secondary N) is 1. The molecule has 27 heavy (non-hydrogen) atoms. The van der Waals surface area contributed by atoms with E-state index in [1.165, 1.54) is 4.31 Å². The lowest BCUT2D eigenvalue weighted by molar-refractivity contribution is -0.135. The summed E-state index contributed by atoms with van der Waals surface area (Å²) in [5.41, 5.74) is 1.13. The van der Waals surface area contributed by atoms with E-state index in [0.29, 0.717) is 31.8 Å². The van der Waals surface area contributed by atoms with Crippen LogP contribution in [-0.4, -0.2) is 61.7 Å². The van der Waals surface area contributed by atoms with Gasteiger partial charge >= 0.3 is 0 Å². The van der Waals surface area contributed by atoms with Crippen LogP contribution in [-0.2, 0) is 19.6 Å². The zero-order chi connectivity index (χ0) is 19.6. The molecule has 0 unspecified atom stereocenters. The van der Waals surface area contributed by atoms with E-state index < -0.39 is 16.1 Å². The summed E-state index contributed by atoms with van der Waals surface area (Å²) in [5.74, 6) is 0.179. The van der Waals surface area contributed by atoms with Crippen molar-refractivity contribution in [2.45, 2.75) is 50.0 Å². The number of benzene rings is 1. The summed E-state index contributed by atoms with van der Waals surface area (Å²) in [6.07, 6.45) is 1.89. The molecule has 1 N–H and O–H groups in total. The van der Waals surface area contributed by atoms with Crippen molar-refractivity contribution in [2.24, 2.45) is 0 Å². The average molecular weight is 394 g/mol. The molecule has 2 amide bonds. The van der Waals surface area contributed by atoms with Gasteiger partial charge in [-0.05, 0) is 36.5 Å². The van der Waals surface area contributed by atoms with Crippen LogP contribution in [0.5, 0.6) is 0 Å². The van der Waals surface area contributed by atoms with Gasteiger partial charge in [0.1, 0.15) is 6.04 Å². The molecule has 2 fully saturated rings. The van der Waals surface area contributed by atoms with Gasteiger partial charge in [0.05, 0.1) is 4.90 Å². The van der Waals surface area contributed by atoms with E-state index in [2.05, 4.69) is 19.2 Å². The Morgan fingerprint density at radius 2 is 1.81 bits per heavy atom. The summed E-state index contributed by atoms with van der Waals surface area (Å²) in [6.45, 7) is 5.44. The number of amides is 2. The van der Waals surface area contributed by atoms with Gasteiger partial charge in [-0.1, -0.05) is 26.0 Å². The maximum absolute atomic E-state index is 12.9. The molecule has 2 saturated heterocycles. The highest BCUT2D eigenvalue weighted by atomic mass is 32.2. The minimum atomic E-state index is -3.56. The van der Waals surface area contributed by atoms with Crippen LogP contribution >= 0.6 is 0 Å². The molecule has 1 aromatic rings. The highest BCUT2D eigenvalue weighted by molar-refractivity contribution is 7.89. The van der Waals surface area contributed by atoms with Crippen molar-refractivity contribution < 1.29 is 18.0 Å². The van der Waals surface area contributed by atoms with Crippen LogP contribution in [0.1, 0.15) is 44.6 Å². The Morgan fingerprint density at radius 1 is 1.19 bits per heavy atom. The number of carbonyl (C=O) groups is 2. The first-order valence-electron chi connectivity index (χ1n) is 9.51. The highest BCUT2D eigenvalue weighted by Gasteiger charge is 2.35. The third-order valence-electron chi connectivity index (χ3n) is 5.54. The molecule has 148 valence electrons. The van der Waals surface area contributed by atoms with Crippen LogP contribution in [0.25, 0.3) is 0 Å². The average Bonchev–Trinajstić information content (AvgIpc) is 3.13. The first-order valence-corrected chi connectivity index (χ1v) is 10.9. The predicted molar refractivity (Wildman–Crippen MR) is 102 cm³/mol. The van der Waals surface area contributed by atoms with Gasteiger partial charge in [-0.3, -0.25) is 9.59 Å². The molecule has 7 nitrogen and oxygen atoms in total. The van der Waals surface area contributed by atoms with E-state index in [9.17, 15) is 18.0 Å². The molecule has 0 aliphatic carbocycles. The first kappa shape index (κ1) is 19.8. The fourth-order valence-corrected chi connectivity index (χ4v) is 4.94. The molecule has 0 aromatic heterocycles. The van der Waals surface area contributed by atoms with Crippen LogP contribution in [0, 0.1) is 0 Å². The number of sulfonamides is 1. The van der Waals surface area contributed by atoms with Crippen molar-refractivity contribution in [1.29, 1.82) is 0 Å². The maximum atomic E-state index is 12.9. The number of nitrogens with zero attached hydrogens (tertiary/aromatic N) is 2. The molecule has 0 radical (unpaired) electrons. The van der Waals surface area contributed by atoms with Crippen LogP contribution in [0.15, 0.2) is 29.2 Å². The fourth-order valence-electron chi connectivity index (χ4n) is 3.52.